The molecular weight excluding hydrogens is 296 g/mol. The molecule has 0 unspecified atom stereocenters. The Balaban J connectivity index is 1.65. The second-order valence-electron chi connectivity index (χ2n) is 6.37. The first-order valence-corrected chi connectivity index (χ1v) is 9.91. The monoisotopic (exact) mass is 320 g/mol. The Kier molecular flexibility index (Phi) is 4.75. The first-order valence-electron chi connectivity index (χ1n) is 7.87. The van der Waals surface area contributed by atoms with E-state index in [-0.39, 0.29) is 0 Å². The molecule has 21 heavy (non-hydrogen) atoms. The fraction of sp³-hybridized carbons (Fsp3) is 0.588. The molecule has 0 saturated heterocycles. The number of hydrogen-bond acceptors (Lipinski definition) is 4. The summed E-state index contributed by atoms with van der Waals surface area (Å²) in [6.45, 7) is 4.72. The molecule has 4 heteroatoms. The van der Waals surface area contributed by atoms with Gasteiger partial charge in [-0.05, 0) is 62.0 Å². The third-order valence-electron chi connectivity index (χ3n) is 4.63. The fourth-order valence-corrected chi connectivity index (χ4v) is 4.78. The van der Waals surface area contributed by atoms with Gasteiger partial charge in [0.2, 0.25) is 0 Å². The maximum absolute atomic E-state index is 4.60. The zero-order chi connectivity index (χ0) is 14.8. The van der Waals surface area contributed by atoms with Crippen LogP contribution in [0.15, 0.2) is 22.5 Å². The zero-order valence-corrected chi connectivity index (χ0v) is 14.7. The largest absolute Gasteiger partial charge is 0.382 e. The van der Waals surface area contributed by atoms with Crippen molar-refractivity contribution in [3.63, 3.8) is 0 Å². The van der Waals surface area contributed by atoms with Crippen molar-refractivity contribution in [3.8, 4) is 0 Å². The van der Waals surface area contributed by atoms with Crippen molar-refractivity contribution in [2.24, 2.45) is 11.8 Å². The molecule has 0 radical (unpaired) electrons. The van der Waals surface area contributed by atoms with Crippen LogP contribution >= 0.6 is 23.1 Å². The molecule has 1 aromatic carbocycles. The molecule has 0 aliphatic heterocycles. The van der Waals surface area contributed by atoms with Crippen molar-refractivity contribution in [2.75, 3.05) is 11.6 Å². The van der Waals surface area contributed by atoms with Crippen LogP contribution in [-0.2, 0) is 0 Å². The lowest BCUT2D eigenvalue weighted by molar-refractivity contribution is 0.267. The maximum Gasteiger partial charge on any atom is 0.150 e. The number of nitrogens with one attached hydrogen (secondary N) is 1. The molecule has 1 heterocycles. The smallest absolute Gasteiger partial charge is 0.150 e. The lowest BCUT2D eigenvalue weighted by Gasteiger charge is -2.31. The number of thiazole rings is 1. The molecular formula is C17H24N2S2. The molecule has 1 saturated carbocycles. The van der Waals surface area contributed by atoms with Gasteiger partial charge in [-0.15, -0.1) is 11.3 Å². The van der Waals surface area contributed by atoms with Crippen LogP contribution in [0.4, 0.5) is 5.69 Å². The Hall–Kier alpha value is -0.740. The number of fused-ring (bicyclic) bond motifs is 1. The van der Waals surface area contributed by atoms with Crippen LogP contribution in [0, 0.1) is 11.8 Å². The molecule has 2 aromatic rings. The van der Waals surface area contributed by atoms with Gasteiger partial charge < -0.3 is 5.32 Å². The minimum absolute atomic E-state index is 0.644. The Labute approximate surface area is 135 Å². The highest BCUT2D eigenvalue weighted by Crippen LogP contribution is 2.33. The van der Waals surface area contributed by atoms with E-state index in [1.807, 2.05) is 0 Å². The number of benzene rings is 1. The summed E-state index contributed by atoms with van der Waals surface area (Å²) in [6, 6.07) is 7.24. The van der Waals surface area contributed by atoms with Crippen molar-refractivity contribution in [2.45, 2.75) is 49.9 Å². The second kappa shape index (κ2) is 6.57. The topological polar surface area (TPSA) is 24.9 Å². The highest BCUT2D eigenvalue weighted by molar-refractivity contribution is 8.00. The number of rotatable bonds is 4. The SMILES string of the molecule is CSc1nc2ccc(NC3CCC(C(C)C)CC3)cc2s1. The van der Waals surface area contributed by atoms with E-state index in [1.54, 1.807) is 23.1 Å². The average Bonchev–Trinajstić information content (AvgIpc) is 2.90. The summed E-state index contributed by atoms with van der Waals surface area (Å²) in [5.74, 6) is 1.76. The summed E-state index contributed by atoms with van der Waals surface area (Å²) >= 11 is 3.52. The van der Waals surface area contributed by atoms with E-state index in [1.165, 1.54) is 36.1 Å². The van der Waals surface area contributed by atoms with Gasteiger partial charge in [0.25, 0.3) is 0 Å². The minimum atomic E-state index is 0.644. The Morgan fingerprint density at radius 2 is 2.00 bits per heavy atom. The van der Waals surface area contributed by atoms with E-state index in [9.17, 15) is 0 Å². The average molecular weight is 321 g/mol. The van der Waals surface area contributed by atoms with Crippen molar-refractivity contribution in [1.82, 2.24) is 4.98 Å². The number of hydrogen-bond donors (Lipinski definition) is 1. The zero-order valence-electron chi connectivity index (χ0n) is 13.1. The quantitative estimate of drug-likeness (QED) is 0.737. The first-order chi connectivity index (χ1) is 10.2. The predicted octanol–water partition coefficient (Wildman–Crippen LogP) is 5.64. The highest BCUT2D eigenvalue weighted by atomic mass is 32.2. The van der Waals surface area contributed by atoms with Crippen molar-refractivity contribution >= 4 is 39.0 Å². The van der Waals surface area contributed by atoms with E-state index >= 15 is 0 Å². The van der Waals surface area contributed by atoms with E-state index in [0.717, 1.165) is 21.7 Å². The molecule has 3 rings (SSSR count). The van der Waals surface area contributed by atoms with Gasteiger partial charge in [-0.25, -0.2) is 4.98 Å². The standard InChI is InChI=1S/C17H24N2S2/c1-11(2)12-4-6-13(7-5-12)18-14-8-9-15-16(10-14)21-17(19-15)20-3/h8-13,18H,4-7H2,1-3H3. The third kappa shape index (κ3) is 3.54. The van der Waals surface area contributed by atoms with Crippen LogP contribution in [0.3, 0.4) is 0 Å². The molecule has 1 fully saturated rings. The van der Waals surface area contributed by atoms with Crippen molar-refractivity contribution in [3.05, 3.63) is 18.2 Å². The summed E-state index contributed by atoms with van der Waals surface area (Å²) in [4.78, 5) is 4.60. The lowest BCUT2D eigenvalue weighted by atomic mass is 9.79. The summed E-state index contributed by atoms with van der Waals surface area (Å²) in [7, 11) is 0. The van der Waals surface area contributed by atoms with E-state index in [2.05, 4.69) is 48.6 Å². The predicted molar refractivity (Wildman–Crippen MR) is 95.6 cm³/mol. The lowest BCUT2D eigenvalue weighted by Crippen LogP contribution is -2.27. The second-order valence-corrected chi connectivity index (χ2v) is 8.45. The van der Waals surface area contributed by atoms with Crippen LogP contribution in [0.2, 0.25) is 0 Å². The third-order valence-corrected chi connectivity index (χ3v) is 6.63. The Morgan fingerprint density at radius 1 is 1.24 bits per heavy atom. The first kappa shape index (κ1) is 15.2. The summed E-state index contributed by atoms with van der Waals surface area (Å²) in [5.41, 5.74) is 2.38. The Morgan fingerprint density at radius 3 is 2.67 bits per heavy atom. The minimum Gasteiger partial charge on any atom is -0.382 e. The van der Waals surface area contributed by atoms with Gasteiger partial charge in [-0.3, -0.25) is 0 Å². The van der Waals surface area contributed by atoms with Gasteiger partial charge in [0, 0.05) is 11.7 Å². The van der Waals surface area contributed by atoms with Crippen LogP contribution in [0.5, 0.6) is 0 Å². The van der Waals surface area contributed by atoms with Gasteiger partial charge in [0.05, 0.1) is 10.2 Å². The van der Waals surface area contributed by atoms with Crippen molar-refractivity contribution in [1.29, 1.82) is 0 Å². The molecule has 0 amide bonds. The van der Waals surface area contributed by atoms with Crippen LogP contribution in [0.25, 0.3) is 10.2 Å². The number of aromatic nitrogens is 1. The van der Waals surface area contributed by atoms with Crippen LogP contribution in [0.1, 0.15) is 39.5 Å². The van der Waals surface area contributed by atoms with Gasteiger partial charge >= 0.3 is 0 Å². The fourth-order valence-electron chi connectivity index (χ4n) is 3.25. The highest BCUT2D eigenvalue weighted by Gasteiger charge is 2.23. The van der Waals surface area contributed by atoms with E-state index in [0.29, 0.717) is 6.04 Å². The van der Waals surface area contributed by atoms with Crippen LogP contribution in [-0.4, -0.2) is 17.3 Å². The molecule has 2 nitrogen and oxygen atoms in total. The molecule has 1 N–H and O–H groups in total. The van der Waals surface area contributed by atoms with Crippen molar-refractivity contribution < 1.29 is 0 Å². The van der Waals surface area contributed by atoms with Crippen LogP contribution < -0.4 is 5.32 Å². The molecule has 0 spiro atoms. The molecule has 1 aliphatic rings. The van der Waals surface area contributed by atoms with Gasteiger partial charge in [-0.1, -0.05) is 25.6 Å². The molecule has 114 valence electrons. The van der Waals surface area contributed by atoms with Gasteiger partial charge in [0.1, 0.15) is 0 Å². The number of anilines is 1. The molecule has 1 aliphatic carbocycles. The normalized spacial score (nSPS) is 22.9. The summed E-state index contributed by atoms with van der Waals surface area (Å²) < 4.78 is 2.44. The molecule has 0 bridgehead atoms. The van der Waals surface area contributed by atoms with Gasteiger partial charge in [-0.2, -0.15) is 0 Å². The molecule has 1 aromatic heterocycles. The summed E-state index contributed by atoms with van der Waals surface area (Å²) in [5, 5.41) is 3.73. The van der Waals surface area contributed by atoms with E-state index < -0.39 is 0 Å². The van der Waals surface area contributed by atoms with E-state index in [4.69, 9.17) is 0 Å². The van der Waals surface area contributed by atoms with Gasteiger partial charge in [0.15, 0.2) is 4.34 Å². The number of thioether (sulfide) groups is 1. The number of nitrogens with zero attached hydrogens (tertiary/aromatic N) is 1. The molecule has 0 atom stereocenters. The maximum atomic E-state index is 4.60. The Bertz CT molecular complexity index is 598. The summed E-state index contributed by atoms with van der Waals surface area (Å²) in [6.07, 6.45) is 7.44.